The first kappa shape index (κ1) is 19.9. The van der Waals surface area contributed by atoms with Crippen molar-refractivity contribution in [3.63, 3.8) is 0 Å². The fraction of sp³-hybridized carbons (Fsp3) is 0.316. The van der Waals surface area contributed by atoms with E-state index in [0.717, 1.165) is 11.1 Å². The van der Waals surface area contributed by atoms with Crippen molar-refractivity contribution in [1.82, 2.24) is 0 Å². The third-order valence-electron chi connectivity index (χ3n) is 4.07. The Morgan fingerprint density at radius 2 is 1.60 bits per heavy atom. The van der Waals surface area contributed by atoms with Gasteiger partial charge in [-0.2, -0.15) is 0 Å². The van der Waals surface area contributed by atoms with E-state index in [-0.39, 0.29) is 11.4 Å². The van der Waals surface area contributed by atoms with Crippen LogP contribution in [0.4, 0.5) is 0 Å². The van der Waals surface area contributed by atoms with Crippen LogP contribution >= 0.6 is 34.8 Å². The molecule has 0 unspecified atom stereocenters. The molecule has 2 rings (SSSR count). The van der Waals surface area contributed by atoms with Gasteiger partial charge in [-0.25, -0.2) is 4.79 Å². The highest BCUT2D eigenvalue weighted by Crippen LogP contribution is 2.40. The number of hydrogen-bond acceptors (Lipinski definition) is 3. The highest BCUT2D eigenvalue weighted by Gasteiger charge is 2.26. The number of carbonyl (C=O) groups is 1. The average Bonchev–Trinajstić information content (AvgIpc) is 2.60. The first-order valence-corrected chi connectivity index (χ1v) is 8.97. The molecule has 0 atom stereocenters. The van der Waals surface area contributed by atoms with Gasteiger partial charge in [0, 0.05) is 5.41 Å². The number of rotatable bonds is 6. The second-order valence-corrected chi connectivity index (χ2v) is 7.19. The predicted octanol–water partition coefficient (Wildman–Crippen LogP) is 5.72. The molecule has 0 saturated carbocycles. The van der Waals surface area contributed by atoms with Crippen LogP contribution in [0.3, 0.4) is 0 Å². The molecule has 134 valence electrons. The van der Waals surface area contributed by atoms with Gasteiger partial charge in [0.15, 0.2) is 5.75 Å². The van der Waals surface area contributed by atoms with Crippen molar-refractivity contribution in [3.05, 3.63) is 63.1 Å². The number of methoxy groups -OCH3 is 1. The Morgan fingerprint density at radius 1 is 1.04 bits per heavy atom. The molecule has 0 N–H and O–H groups in total. The molecule has 0 radical (unpaired) electrons. The molecule has 0 aromatic heterocycles. The van der Waals surface area contributed by atoms with E-state index in [1.165, 1.54) is 7.11 Å². The van der Waals surface area contributed by atoms with Crippen molar-refractivity contribution in [2.75, 3.05) is 19.6 Å². The van der Waals surface area contributed by atoms with E-state index in [2.05, 4.69) is 13.8 Å². The van der Waals surface area contributed by atoms with Crippen LogP contribution in [-0.2, 0) is 10.2 Å². The second kappa shape index (κ2) is 8.31. The van der Waals surface area contributed by atoms with Crippen molar-refractivity contribution in [3.8, 4) is 5.75 Å². The van der Waals surface area contributed by atoms with Crippen LogP contribution in [0.5, 0.6) is 5.75 Å². The molecule has 0 aliphatic heterocycles. The lowest BCUT2D eigenvalue weighted by Crippen LogP contribution is -2.19. The van der Waals surface area contributed by atoms with E-state index < -0.39 is 0 Å². The first-order chi connectivity index (χ1) is 11.8. The minimum atomic E-state index is -0.368. The minimum absolute atomic E-state index is 0.332. The molecular weight excluding hydrogens is 383 g/mol. The molecule has 0 spiro atoms. The summed E-state index contributed by atoms with van der Waals surface area (Å²) in [6, 6.07) is 10.9. The van der Waals surface area contributed by atoms with Crippen molar-refractivity contribution >= 4 is 40.8 Å². The standard InChI is InChI=1S/C19H19Cl3O3/c1-19(2,13-6-4-12(5-7-13)18(23)24-3)14-10-15(21)17(16(22)11-14)25-9-8-20/h4-7,10-11H,8-9H2,1-3H3. The number of carbonyl (C=O) groups excluding carboxylic acids is 1. The molecule has 2 aromatic carbocycles. The van der Waals surface area contributed by atoms with E-state index >= 15 is 0 Å². The molecular formula is C19H19Cl3O3. The Labute approximate surface area is 162 Å². The van der Waals surface area contributed by atoms with Crippen LogP contribution in [0, 0.1) is 0 Å². The van der Waals surface area contributed by atoms with Gasteiger partial charge >= 0.3 is 5.97 Å². The van der Waals surface area contributed by atoms with Gasteiger partial charge in [0.1, 0.15) is 6.61 Å². The van der Waals surface area contributed by atoms with Crippen LogP contribution in [0.2, 0.25) is 10.0 Å². The Morgan fingerprint density at radius 3 is 2.08 bits per heavy atom. The van der Waals surface area contributed by atoms with Crippen LogP contribution in [0.25, 0.3) is 0 Å². The molecule has 0 heterocycles. The molecule has 2 aromatic rings. The van der Waals surface area contributed by atoms with E-state index in [1.807, 2.05) is 24.3 Å². The molecule has 0 bridgehead atoms. The van der Waals surface area contributed by atoms with Crippen molar-refractivity contribution in [2.45, 2.75) is 19.3 Å². The minimum Gasteiger partial charge on any atom is -0.489 e. The summed E-state index contributed by atoms with van der Waals surface area (Å²) in [4.78, 5) is 11.6. The van der Waals surface area contributed by atoms with Gasteiger partial charge in [0.05, 0.1) is 28.6 Å². The van der Waals surface area contributed by atoms with Crippen LogP contribution < -0.4 is 4.74 Å². The summed E-state index contributed by atoms with van der Waals surface area (Å²) in [7, 11) is 1.36. The van der Waals surface area contributed by atoms with E-state index in [4.69, 9.17) is 44.3 Å². The Bertz CT molecular complexity index is 732. The Balaban J connectivity index is 2.37. The fourth-order valence-corrected chi connectivity index (χ4v) is 3.18. The summed E-state index contributed by atoms with van der Waals surface area (Å²) in [6.45, 7) is 4.45. The van der Waals surface area contributed by atoms with Gasteiger partial charge in [-0.1, -0.05) is 49.2 Å². The number of hydrogen-bond donors (Lipinski definition) is 0. The van der Waals surface area contributed by atoms with E-state index in [0.29, 0.717) is 33.8 Å². The predicted molar refractivity (Wildman–Crippen MR) is 103 cm³/mol. The normalized spacial score (nSPS) is 11.3. The van der Waals surface area contributed by atoms with Crippen molar-refractivity contribution < 1.29 is 14.3 Å². The lowest BCUT2D eigenvalue weighted by atomic mass is 9.78. The smallest absolute Gasteiger partial charge is 0.337 e. The molecule has 3 nitrogen and oxygen atoms in total. The van der Waals surface area contributed by atoms with Gasteiger partial charge in [0.2, 0.25) is 0 Å². The summed E-state index contributed by atoms with van der Waals surface area (Å²) in [5.74, 6) is 0.424. The highest BCUT2D eigenvalue weighted by molar-refractivity contribution is 6.37. The Hall–Kier alpha value is -1.42. The monoisotopic (exact) mass is 400 g/mol. The molecule has 0 fully saturated rings. The van der Waals surface area contributed by atoms with E-state index in [1.54, 1.807) is 12.1 Å². The van der Waals surface area contributed by atoms with Gasteiger partial charge in [0.25, 0.3) is 0 Å². The van der Waals surface area contributed by atoms with Gasteiger partial charge < -0.3 is 9.47 Å². The van der Waals surface area contributed by atoms with Crippen molar-refractivity contribution in [2.24, 2.45) is 0 Å². The zero-order valence-electron chi connectivity index (χ0n) is 14.2. The number of esters is 1. The topological polar surface area (TPSA) is 35.5 Å². The summed E-state index contributed by atoms with van der Waals surface area (Å²) < 4.78 is 10.2. The first-order valence-electron chi connectivity index (χ1n) is 7.68. The van der Waals surface area contributed by atoms with Crippen LogP contribution in [-0.4, -0.2) is 25.6 Å². The fourth-order valence-electron chi connectivity index (χ4n) is 2.51. The molecule has 0 saturated heterocycles. The molecule has 0 aliphatic carbocycles. The third kappa shape index (κ3) is 4.41. The number of halogens is 3. The zero-order valence-corrected chi connectivity index (χ0v) is 16.5. The van der Waals surface area contributed by atoms with Crippen LogP contribution in [0.15, 0.2) is 36.4 Å². The van der Waals surface area contributed by atoms with Gasteiger partial charge in [-0.05, 0) is 35.4 Å². The highest BCUT2D eigenvalue weighted by atomic mass is 35.5. The lowest BCUT2D eigenvalue weighted by molar-refractivity contribution is 0.0600. The molecule has 6 heteroatoms. The summed E-state index contributed by atoms with van der Waals surface area (Å²) in [5, 5.41) is 0.874. The van der Waals surface area contributed by atoms with Gasteiger partial charge in [-0.15, -0.1) is 11.6 Å². The van der Waals surface area contributed by atoms with Crippen molar-refractivity contribution in [1.29, 1.82) is 0 Å². The summed E-state index contributed by atoms with van der Waals surface area (Å²) in [5.41, 5.74) is 2.09. The SMILES string of the molecule is COC(=O)c1ccc(C(C)(C)c2cc(Cl)c(OCCCl)c(Cl)c2)cc1. The third-order valence-corrected chi connectivity index (χ3v) is 4.79. The zero-order chi connectivity index (χ0) is 18.6. The number of benzene rings is 2. The van der Waals surface area contributed by atoms with Gasteiger partial charge in [-0.3, -0.25) is 0 Å². The van der Waals surface area contributed by atoms with E-state index in [9.17, 15) is 4.79 Å². The quantitative estimate of drug-likeness (QED) is 0.458. The number of ether oxygens (including phenoxy) is 2. The summed E-state index contributed by atoms with van der Waals surface area (Å²) >= 11 is 18.3. The molecule has 25 heavy (non-hydrogen) atoms. The molecule has 0 amide bonds. The maximum Gasteiger partial charge on any atom is 0.337 e. The number of alkyl halides is 1. The maximum atomic E-state index is 11.6. The second-order valence-electron chi connectivity index (χ2n) is 6.00. The lowest BCUT2D eigenvalue weighted by Gasteiger charge is -2.27. The Kier molecular flexibility index (Phi) is 6.61. The maximum absolute atomic E-state index is 11.6. The summed E-state index contributed by atoms with van der Waals surface area (Å²) in [6.07, 6.45) is 0. The van der Waals surface area contributed by atoms with Crippen LogP contribution in [0.1, 0.15) is 35.3 Å². The largest absolute Gasteiger partial charge is 0.489 e. The molecule has 0 aliphatic rings. The average molecular weight is 402 g/mol.